The van der Waals surface area contributed by atoms with E-state index in [2.05, 4.69) is 11.2 Å². The van der Waals surface area contributed by atoms with Gasteiger partial charge in [-0.3, -0.25) is 9.48 Å². The number of amides is 1. The van der Waals surface area contributed by atoms with Crippen molar-refractivity contribution in [3.63, 3.8) is 0 Å². The highest BCUT2D eigenvalue weighted by atomic mass is 16.3. The molecule has 0 radical (unpaired) electrons. The summed E-state index contributed by atoms with van der Waals surface area (Å²) in [5, 5.41) is 13.8. The molecule has 1 amide bonds. The fourth-order valence-electron chi connectivity index (χ4n) is 3.69. The highest BCUT2D eigenvalue weighted by molar-refractivity contribution is 5.94. The zero-order chi connectivity index (χ0) is 17.8. The van der Waals surface area contributed by atoms with Gasteiger partial charge in [-0.1, -0.05) is 12.1 Å². The van der Waals surface area contributed by atoms with Crippen molar-refractivity contribution in [2.24, 2.45) is 0 Å². The summed E-state index contributed by atoms with van der Waals surface area (Å²) < 4.78 is 1.97. The van der Waals surface area contributed by atoms with Crippen LogP contribution in [-0.2, 0) is 6.54 Å². The van der Waals surface area contributed by atoms with Crippen molar-refractivity contribution in [3.05, 3.63) is 52.8 Å². The number of likely N-dealkylation sites (tertiary alicyclic amines) is 1. The number of piperidine rings is 1. The van der Waals surface area contributed by atoms with E-state index in [9.17, 15) is 9.90 Å². The lowest BCUT2D eigenvalue weighted by Gasteiger charge is -2.35. The number of hydrogen-bond donors (Lipinski definition) is 1. The molecule has 1 N–H and O–H groups in total. The summed E-state index contributed by atoms with van der Waals surface area (Å²) >= 11 is 0. The second kappa shape index (κ2) is 7.83. The van der Waals surface area contributed by atoms with Gasteiger partial charge in [-0.15, -0.1) is 0 Å². The molecular formula is C20H27N3O2. The summed E-state index contributed by atoms with van der Waals surface area (Å²) in [5.41, 5.74) is 3.93. The van der Waals surface area contributed by atoms with E-state index in [1.807, 2.05) is 47.7 Å². The van der Waals surface area contributed by atoms with Crippen molar-refractivity contribution in [1.82, 2.24) is 14.7 Å². The molecule has 0 saturated carbocycles. The van der Waals surface area contributed by atoms with Gasteiger partial charge in [0.15, 0.2) is 0 Å². The van der Waals surface area contributed by atoms with Gasteiger partial charge in [0.2, 0.25) is 0 Å². The molecule has 5 nitrogen and oxygen atoms in total. The molecule has 25 heavy (non-hydrogen) atoms. The van der Waals surface area contributed by atoms with Gasteiger partial charge in [-0.2, -0.15) is 5.10 Å². The van der Waals surface area contributed by atoms with Crippen LogP contribution >= 0.6 is 0 Å². The van der Waals surface area contributed by atoms with Gasteiger partial charge in [0.05, 0.1) is 12.2 Å². The summed E-state index contributed by atoms with van der Waals surface area (Å²) in [6.07, 6.45) is 3.82. The number of nitrogens with zero attached hydrogens (tertiary/aromatic N) is 3. The minimum Gasteiger partial charge on any atom is -0.396 e. The average Bonchev–Trinajstić information content (AvgIpc) is 2.92. The van der Waals surface area contributed by atoms with E-state index in [-0.39, 0.29) is 18.6 Å². The van der Waals surface area contributed by atoms with Crippen LogP contribution in [0, 0.1) is 13.8 Å². The molecule has 1 aromatic carbocycles. The number of rotatable bonds is 5. The minimum atomic E-state index is 0.0772. The second-order valence-corrected chi connectivity index (χ2v) is 6.95. The molecule has 1 aliphatic rings. The van der Waals surface area contributed by atoms with Crippen LogP contribution in [0.25, 0.3) is 0 Å². The molecule has 1 unspecified atom stereocenters. The molecule has 2 heterocycles. The van der Waals surface area contributed by atoms with E-state index in [4.69, 9.17) is 0 Å². The second-order valence-electron chi connectivity index (χ2n) is 6.95. The number of carbonyl (C=O) groups excluding carboxylic acids is 1. The summed E-state index contributed by atoms with van der Waals surface area (Å²) in [6, 6.07) is 10.1. The Labute approximate surface area is 149 Å². The van der Waals surface area contributed by atoms with Gasteiger partial charge < -0.3 is 10.0 Å². The Balaban J connectivity index is 1.78. The number of aliphatic hydroxyl groups is 1. The SMILES string of the molecule is Cc1cc(C)n(Cc2cccc(C(=O)N3CCCCC3CCO)c2)n1. The number of hydrogen-bond acceptors (Lipinski definition) is 3. The maximum Gasteiger partial charge on any atom is 0.254 e. The van der Waals surface area contributed by atoms with Gasteiger partial charge >= 0.3 is 0 Å². The lowest BCUT2D eigenvalue weighted by atomic mass is 9.98. The molecule has 1 aliphatic heterocycles. The van der Waals surface area contributed by atoms with Gasteiger partial charge in [0.25, 0.3) is 5.91 Å². The standard InChI is InChI=1S/C20H27N3O2/c1-15-12-16(2)23(21-15)14-17-6-5-7-18(13-17)20(25)22-10-4-3-8-19(22)9-11-24/h5-7,12-13,19,24H,3-4,8-11,14H2,1-2H3. The first kappa shape index (κ1) is 17.7. The third kappa shape index (κ3) is 4.10. The highest BCUT2D eigenvalue weighted by Gasteiger charge is 2.27. The van der Waals surface area contributed by atoms with Gasteiger partial charge in [0.1, 0.15) is 0 Å². The summed E-state index contributed by atoms with van der Waals surface area (Å²) in [5.74, 6) is 0.0772. The predicted molar refractivity (Wildman–Crippen MR) is 97.6 cm³/mol. The Bertz CT molecular complexity index is 736. The first-order chi connectivity index (χ1) is 12.1. The first-order valence-corrected chi connectivity index (χ1v) is 9.10. The normalized spacial score (nSPS) is 17.7. The van der Waals surface area contributed by atoms with E-state index in [1.54, 1.807) is 0 Å². The molecule has 1 saturated heterocycles. The van der Waals surface area contributed by atoms with Crippen LogP contribution in [0.1, 0.15) is 53.0 Å². The van der Waals surface area contributed by atoms with E-state index in [0.29, 0.717) is 13.0 Å². The van der Waals surface area contributed by atoms with Gasteiger partial charge in [0, 0.05) is 30.5 Å². The molecule has 1 fully saturated rings. The Morgan fingerprint density at radius 3 is 2.84 bits per heavy atom. The third-order valence-electron chi connectivity index (χ3n) is 4.96. The largest absolute Gasteiger partial charge is 0.396 e. The van der Waals surface area contributed by atoms with E-state index < -0.39 is 0 Å². The molecule has 0 spiro atoms. The van der Waals surface area contributed by atoms with E-state index in [0.717, 1.165) is 48.3 Å². The molecule has 134 valence electrons. The molecule has 1 aromatic heterocycles. The van der Waals surface area contributed by atoms with Crippen molar-refractivity contribution in [2.75, 3.05) is 13.2 Å². The van der Waals surface area contributed by atoms with Gasteiger partial charge in [-0.05, 0) is 63.3 Å². The third-order valence-corrected chi connectivity index (χ3v) is 4.96. The van der Waals surface area contributed by atoms with Crippen LogP contribution in [0.15, 0.2) is 30.3 Å². The monoisotopic (exact) mass is 341 g/mol. The first-order valence-electron chi connectivity index (χ1n) is 9.10. The molecule has 3 rings (SSSR count). The Kier molecular flexibility index (Phi) is 5.53. The fraction of sp³-hybridized carbons (Fsp3) is 0.500. The minimum absolute atomic E-state index is 0.0772. The van der Waals surface area contributed by atoms with Crippen molar-refractivity contribution >= 4 is 5.91 Å². The molecule has 5 heteroatoms. The molecule has 0 aliphatic carbocycles. The fourth-order valence-corrected chi connectivity index (χ4v) is 3.69. The number of aryl methyl sites for hydroxylation is 2. The predicted octanol–water partition coefficient (Wildman–Crippen LogP) is 2.93. The average molecular weight is 341 g/mol. The highest BCUT2D eigenvalue weighted by Crippen LogP contribution is 2.22. The van der Waals surface area contributed by atoms with Crippen LogP contribution < -0.4 is 0 Å². The lowest BCUT2D eigenvalue weighted by molar-refractivity contribution is 0.0574. The smallest absolute Gasteiger partial charge is 0.254 e. The summed E-state index contributed by atoms with van der Waals surface area (Å²) in [7, 11) is 0. The van der Waals surface area contributed by atoms with Crippen LogP contribution in [-0.4, -0.2) is 44.9 Å². The number of benzene rings is 1. The topological polar surface area (TPSA) is 58.4 Å². The van der Waals surface area contributed by atoms with Crippen LogP contribution in [0.5, 0.6) is 0 Å². The molecule has 0 bridgehead atoms. The molecule has 1 atom stereocenters. The number of aliphatic hydroxyl groups excluding tert-OH is 1. The lowest BCUT2D eigenvalue weighted by Crippen LogP contribution is -2.44. The van der Waals surface area contributed by atoms with Crippen LogP contribution in [0.4, 0.5) is 0 Å². The molecular weight excluding hydrogens is 314 g/mol. The Morgan fingerprint density at radius 2 is 2.12 bits per heavy atom. The number of carbonyl (C=O) groups is 1. The van der Waals surface area contributed by atoms with Crippen molar-refractivity contribution in [3.8, 4) is 0 Å². The Morgan fingerprint density at radius 1 is 1.28 bits per heavy atom. The number of aromatic nitrogens is 2. The van der Waals surface area contributed by atoms with Crippen LogP contribution in [0.3, 0.4) is 0 Å². The van der Waals surface area contributed by atoms with Gasteiger partial charge in [-0.25, -0.2) is 0 Å². The molecule has 2 aromatic rings. The maximum atomic E-state index is 13.0. The van der Waals surface area contributed by atoms with E-state index in [1.165, 1.54) is 0 Å². The van der Waals surface area contributed by atoms with Crippen molar-refractivity contribution < 1.29 is 9.90 Å². The zero-order valence-electron chi connectivity index (χ0n) is 15.1. The summed E-state index contributed by atoms with van der Waals surface area (Å²) in [6.45, 7) is 5.61. The zero-order valence-corrected chi connectivity index (χ0v) is 15.1. The summed E-state index contributed by atoms with van der Waals surface area (Å²) in [4.78, 5) is 14.9. The Hall–Kier alpha value is -2.14. The van der Waals surface area contributed by atoms with Crippen molar-refractivity contribution in [1.29, 1.82) is 0 Å². The quantitative estimate of drug-likeness (QED) is 0.910. The maximum absolute atomic E-state index is 13.0. The van der Waals surface area contributed by atoms with Crippen molar-refractivity contribution in [2.45, 2.75) is 52.1 Å². The van der Waals surface area contributed by atoms with Crippen LogP contribution in [0.2, 0.25) is 0 Å². The van der Waals surface area contributed by atoms with E-state index >= 15 is 0 Å².